The normalized spacial score (nSPS) is 11.1. The summed E-state index contributed by atoms with van der Waals surface area (Å²) in [5.74, 6) is 0. The first-order chi connectivity index (χ1) is 8.61. The fourth-order valence-corrected chi connectivity index (χ4v) is 2.02. The van der Waals surface area contributed by atoms with Crippen molar-refractivity contribution < 1.29 is 5.11 Å². The van der Waals surface area contributed by atoms with Crippen molar-refractivity contribution in [3.63, 3.8) is 0 Å². The second-order valence-electron chi connectivity index (χ2n) is 4.20. The van der Waals surface area contributed by atoms with Gasteiger partial charge < -0.3 is 5.11 Å². The van der Waals surface area contributed by atoms with Gasteiger partial charge in [0.2, 0.25) is 0 Å². The van der Waals surface area contributed by atoms with Crippen LogP contribution in [0.25, 0.3) is 0 Å². The third kappa shape index (κ3) is 2.70. The Morgan fingerprint density at radius 2 is 2.22 bits per heavy atom. The zero-order valence-corrected chi connectivity index (χ0v) is 11.2. The van der Waals surface area contributed by atoms with Crippen LogP contribution < -0.4 is 0 Å². The van der Waals surface area contributed by atoms with Crippen LogP contribution >= 0.6 is 11.6 Å². The van der Waals surface area contributed by atoms with Gasteiger partial charge in [-0.15, -0.1) is 5.10 Å². The maximum Gasteiger partial charge on any atom is 0.0866 e. The number of hydrogen-bond donors (Lipinski definition) is 1. The molecule has 2 rings (SSSR count). The van der Waals surface area contributed by atoms with Gasteiger partial charge in [-0.2, -0.15) is 5.10 Å². The first-order valence-corrected chi connectivity index (χ1v) is 6.17. The van der Waals surface area contributed by atoms with E-state index in [2.05, 4.69) is 15.4 Å². The number of aromatic nitrogens is 5. The molecule has 0 atom stereocenters. The Morgan fingerprint density at radius 3 is 2.83 bits per heavy atom. The zero-order chi connectivity index (χ0) is 13.1. The number of hydrogen-bond acceptors (Lipinski definition) is 4. The van der Waals surface area contributed by atoms with Gasteiger partial charge in [-0.25, -0.2) is 4.68 Å². The predicted octanol–water partition coefficient (Wildman–Crippen LogP) is 0.947. The summed E-state index contributed by atoms with van der Waals surface area (Å²) in [7, 11) is 1.86. The molecular weight excluding hydrogens is 254 g/mol. The summed E-state index contributed by atoms with van der Waals surface area (Å²) in [5.41, 5.74) is 2.60. The van der Waals surface area contributed by atoms with E-state index >= 15 is 0 Å². The number of aryl methyl sites for hydroxylation is 3. The number of aliphatic hydroxyl groups is 1. The van der Waals surface area contributed by atoms with E-state index < -0.39 is 0 Å². The molecule has 0 radical (unpaired) electrons. The van der Waals surface area contributed by atoms with Crippen LogP contribution in [0.4, 0.5) is 0 Å². The monoisotopic (exact) mass is 269 g/mol. The topological polar surface area (TPSA) is 68.8 Å². The minimum absolute atomic E-state index is 0.166. The second kappa shape index (κ2) is 5.49. The molecule has 0 saturated heterocycles. The molecule has 0 aliphatic heterocycles. The first-order valence-electron chi connectivity index (χ1n) is 5.79. The lowest BCUT2D eigenvalue weighted by atomic mass is 10.2. The molecule has 0 amide bonds. The highest BCUT2D eigenvalue weighted by Gasteiger charge is 2.12. The smallest absolute Gasteiger partial charge is 0.0866 e. The molecule has 2 aromatic rings. The molecule has 0 saturated carbocycles. The molecule has 0 aliphatic carbocycles. The third-order valence-electron chi connectivity index (χ3n) is 2.75. The molecule has 0 aliphatic rings. The number of nitrogens with zero attached hydrogens (tertiary/aromatic N) is 5. The van der Waals surface area contributed by atoms with Gasteiger partial charge in [-0.05, 0) is 19.8 Å². The Hall–Kier alpha value is -1.40. The van der Waals surface area contributed by atoms with Crippen molar-refractivity contribution in [3.05, 3.63) is 28.3 Å². The highest BCUT2D eigenvalue weighted by Crippen LogP contribution is 2.20. The molecule has 0 spiro atoms. The van der Waals surface area contributed by atoms with Crippen LogP contribution in [0.3, 0.4) is 0 Å². The van der Waals surface area contributed by atoms with Crippen LogP contribution in [0.2, 0.25) is 5.02 Å². The molecule has 6 nitrogen and oxygen atoms in total. The summed E-state index contributed by atoms with van der Waals surface area (Å²) in [5, 5.41) is 21.8. The molecule has 1 N–H and O–H groups in total. The SMILES string of the molecule is Cc1nn(C)c(Cn2cc(CCCO)nn2)c1Cl. The average molecular weight is 270 g/mol. The van der Waals surface area contributed by atoms with E-state index in [-0.39, 0.29) is 6.61 Å². The van der Waals surface area contributed by atoms with Crippen LogP contribution in [0.5, 0.6) is 0 Å². The van der Waals surface area contributed by atoms with Gasteiger partial charge in [0.25, 0.3) is 0 Å². The van der Waals surface area contributed by atoms with Crippen molar-refractivity contribution in [3.8, 4) is 0 Å². The lowest BCUT2D eigenvalue weighted by Crippen LogP contribution is -2.06. The van der Waals surface area contributed by atoms with Gasteiger partial charge in [0.1, 0.15) is 0 Å². The number of aliphatic hydroxyl groups excluding tert-OH is 1. The summed E-state index contributed by atoms with van der Waals surface area (Å²) in [6, 6.07) is 0. The summed E-state index contributed by atoms with van der Waals surface area (Å²) >= 11 is 6.18. The summed E-state index contributed by atoms with van der Waals surface area (Å²) in [4.78, 5) is 0. The lowest BCUT2D eigenvalue weighted by molar-refractivity contribution is 0.288. The summed E-state index contributed by atoms with van der Waals surface area (Å²) in [6.07, 6.45) is 3.30. The van der Waals surface area contributed by atoms with E-state index in [9.17, 15) is 0 Å². The minimum Gasteiger partial charge on any atom is -0.396 e. The maximum atomic E-state index is 8.76. The Balaban J connectivity index is 2.11. The van der Waals surface area contributed by atoms with E-state index in [1.807, 2.05) is 20.2 Å². The minimum atomic E-state index is 0.166. The van der Waals surface area contributed by atoms with Crippen LogP contribution in [0, 0.1) is 6.92 Å². The van der Waals surface area contributed by atoms with Crippen LogP contribution in [-0.4, -0.2) is 36.5 Å². The number of rotatable bonds is 5. The van der Waals surface area contributed by atoms with E-state index in [1.165, 1.54) is 0 Å². The van der Waals surface area contributed by atoms with Gasteiger partial charge in [-0.3, -0.25) is 4.68 Å². The van der Waals surface area contributed by atoms with E-state index in [0.29, 0.717) is 18.0 Å². The summed E-state index contributed by atoms with van der Waals surface area (Å²) in [6.45, 7) is 2.59. The highest BCUT2D eigenvalue weighted by molar-refractivity contribution is 6.31. The molecule has 0 aromatic carbocycles. The highest BCUT2D eigenvalue weighted by atomic mass is 35.5. The Bertz CT molecular complexity index is 534. The van der Waals surface area contributed by atoms with Crippen molar-refractivity contribution in [1.82, 2.24) is 24.8 Å². The quantitative estimate of drug-likeness (QED) is 0.877. The summed E-state index contributed by atoms with van der Waals surface area (Å²) < 4.78 is 3.49. The molecule has 0 unspecified atom stereocenters. The van der Waals surface area contributed by atoms with Gasteiger partial charge in [-0.1, -0.05) is 16.8 Å². The van der Waals surface area contributed by atoms with Crippen LogP contribution in [-0.2, 0) is 20.0 Å². The molecule has 98 valence electrons. The average Bonchev–Trinajstić information content (AvgIpc) is 2.88. The van der Waals surface area contributed by atoms with Crippen molar-refractivity contribution in [2.45, 2.75) is 26.3 Å². The molecule has 2 aromatic heterocycles. The van der Waals surface area contributed by atoms with Gasteiger partial charge >= 0.3 is 0 Å². The predicted molar refractivity (Wildman–Crippen MR) is 67.5 cm³/mol. The molecular formula is C11H16ClN5O. The van der Waals surface area contributed by atoms with E-state index in [1.54, 1.807) is 9.36 Å². The number of halogens is 1. The Kier molecular flexibility index (Phi) is 3.98. The van der Waals surface area contributed by atoms with Crippen molar-refractivity contribution in [1.29, 1.82) is 0 Å². The molecule has 7 heteroatoms. The van der Waals surface area contributed by atoms with E-state index in [4.69, 9.17) is 16.7 Å². The van der Waals surface area contributed by atoms with Crippen molar-refractivity contribution in [2.24, 2.45) is 7.05 Å². The molecule has 0 bridgehead atoms. The fraction of sp³-hybridized carbons (Fsp3) is 0.545. The molecule has 18 heavy (non-hydrogen) atoms. The third-order valence-corrected chi connectivity index (χ3v) is 3.24. The maximum absolute atomic E-state index is 8.76. The van der Waals surface area contributed by atoms with Gasteiger partial charge in [0.05, 0.1) is 28.6 Å². The lowest BCUT2D eigenvalue weighted by Gasteiger charge is -2.01. The molecule has 2 heterocycles. The standard InChI is InChI=1S/C11H16ClN5O/c1-8-11(12)10(16(2)14-8)7-17-6-9(13-15-17)4-3-5-18/h6,18H,3-5,7H2,1-2H3. The first kappa shape index (κ1) is 13.0. The molecule has 0 fully saturated rings. The van der Waals surface area contributed by atoms with Gasteiger partial charge in [0, 0.05) is 19.9 Å². The second-order valence-corrected chi connectivity index (χ2v) is 4.58. The zero-order valence-electron chi connectivity index (χ0n) is 10.5. The Morgan fingerprint density at radius 1 is 1.44 bits per heavy atom. The van der Waals surface area contributed by atoms with Crippen molar-refractivity contribution in [2.75, 3.05) is 6.61 Å². The van der Waals surface area contributed by atoms with Gasteiger partial charge in [0.15, 0.2) is 0 Å². The van der Waals surface area contributed by atoms with Crippen molar-refractivity contribution >= 4 is 11.6 Å². The van der Waals surface area contributed by atoms with Crippen LogP contribution in [0.1, 0.15) is 23.5 Å². The fourth-order valence-electron chi connectivity index (χ4n) is 1.80. The van der Waals surface area contributed by atoms with E-state index in [0.717, 1.165) is 23.5 Å². The Labute approximate surface area is 110 Å². The largest absolute Gasteiger partial charge is 0.396 e. The van der Waals surface area contributed by atoms with Crippen LogP contribution in [0.15, 0.2) is 6.20 Å².